The second-order valence-electron chi connectivity index (χ2n) is 5.30. The van der Waals surface area contributed by atoms with Crippen molar-refractivity contribution in [3.8, 4) is 16.9 Å². The lowest BCUT2D eigenvalue weighted by molar-refractivity contribution is 0.0865. The van der Waals surface area contributed by atoms with Crippen LogP contribution >= 0.6 is 0 Å². The zero-order valence-electron chi connectivity index (χ0n) is 12.5. The lowest BCUT2D eigenvalue weighted by atomic mass is 10.0. The van der Waals surface area contributed by atoms with Gasteiger partial charge in [0.2, 0.25) is 0 Å². The fourth-order valence-electron chi connectivity index (χ4n) is 2.28. The number of likely N-dealkylation sites (N-methyl/N-ethyl adjacent to an activating group) is 1. The molecule has 2 rings (SSSR count). The van der Waals surface area contributed by atoms with Crippen LogP contribution in [0.3, 0.4) is 0 Å². The Bertz CT molecular complexity index is 538. The van der Waals surface area contributed by atoms with Crippen LogP contribution in [0, 0.1) is 0 Å². The average molecular weight is 269 g/mol. The van der Waals surface area contributed by atoms with Gasteiger partial charge in [0.25, 0.3) is 0 Å². The van der Waals surface area contributed by atoms with E-state index in [0.29, 0.717) is 0 Å². The lowest BCUT2D eigenvalue weighted by Crippen LogP contribution is -2.41. The Kier molecular flexibility index (Phi) is 4.80. The molecule has 0 spiro atoms. The molecule has 2 heteroatoms. The van der Waals surface area contributed by atoms with Crippen molar-refractivity contribution in [2.75, 3.05) is 13.6 Å². The number of hydrogen-bond donors (Lipinski definition) is 1. The Morgan fingerprint density at radius 1 is 1.00 bits per heavy atom. The maximum Gasteiger partial charge on any atom is 0.128 e. The molecule has 1 atom stereocenters. The second kappa shape index (κ2) is 6.58. The van der Waals surface area contributed by atoms with Crippen LogP contribution in [-0.2, 0) is 0 Å². The van der Waals surface area contributed by atoms with Gasteiger partial charge in [-0.25, -0.2) is 0 Å². The summed E-state index contributed by atoms with van der Waals surface area (Å²) in [6, 6.07) is 18.6. The summed E-state index contributed by atoms with van der Waals surface area (Å²) in [6.07, 6.45) is 0.955. The predicted molar refractivity (Wildman–Crippen MR) is 85.1 cm³/mol. The monoisotopic (exact) mass is 269 g/mol. The fraction of sp³-hybridized carbons (Fsp3) is 0.333. The SMILES string of the molecule is CCC(C)(CNC)Oc1ccccc1-c1ccccc1. The summed E-state index contributed by atoms with van der Waals surface area (Å²) in [7, 11) is 1.96. The van der Waals surface area contributed by atoms with Crippen molar-refractivity contribution in [3.63, 3.8) is 0 Å². The minimum atomic E-state index is -0.195. The van der Waals surface area contributed by atoms with Crippen molar-refractivity contribution in [1.29, 1.82) is 0 Å². The highest BCUT2D eigenvalue weighted by molar-refractivity contribution is 5.70. The average Bonchev–Trinajstić information content (AvgIpc) is 2.49. The van der Waals surface area contributed by atoms with E-state index in [4.69, 9.17) is 4.74 Å². The predicted octanol–water partition coefficient (Wildman–Crippen LogP) is 4.12. The van der Waals surface area contributed by atoms with Crippen molar-refractivity contribution < 1.29 is 4.74 Å². The number of nitrogens with one attached hydrogen (secondary N) is 1. The highest BCUT2D eigenvalue weighted by atomic mass is 16.5. The summed E-state index contributed by atoms with van der Waals surface area (Å²) in [5.74, 6) is 0.943. The summed E-state index contributed by atoms with van der Waals surface area (Å²) < 4.78 is 6.31. The number of benzene rings is 2. The van der Waals surface area contributed by atoms with Crippen molar-refractivity contribution >= 4 is 0 Å². The van der Waals surface area contributed by atoms with Crippen molar-refractivity contribution in [2.45, 2.75) is 25.9 Å². The van der Waals surface area contributed by atoms with Crippen molar-refractivity contribution in [1.82, 2.24) is 5.32 Å². The van der Waals surface area contributed by atoms with E-state index in [1.54, 1.807) is 0 Å². The number of rotatable bonds is 6. The Labute approximate surface area is 121 Å². The maximum atomic E-state index is 6.31. The molecule has 1 N–H and O–H groups in total. The van der Waals surface area contributed by atoms with Crippen LogP contribution in [0.25, 0.3) is 11.1 Å². The number of ether oxygens (including phenoxy) is 1. The first-order valence-electron chi connectivity index (χ1n) is 7.16. The van der Waals surface area contributed by atoms with Gasteiger partial charge in [-0.2, -0.15) is 0 Å². The van der Waals surface area contributed by atoms with Crippen molar-refractivity contribution in [3.05, 3.63) is 54.6 Å². The van der Waals surface area contributed by atoms with Gasteiger partial charge in [0.1, 0.15) is 11.4 Å². The zero-order valence-corrected chi connectivity index (χ0v) is 12.5. The molecule has 2 aromatic rings. The fourth-order valence-corrected chi connectivity index (χ4v) is 2.28. The Morgan fingerprint density at radius 3 is 2.30 bits per heavy atom. The molecule has 0 bridgehead atoms. The number of hydrogen-bond acceptors (Lipinski definition) is 2. The highest BCUT2D eigenvalue weighted by Crippen LogP contribution is 2.32. The molecule has 0 saturated heterocycles. The molecule has 106 valence electrons. The van der Waals surface area contributed by atoms with E-state index in [1.165, 1.54) is 5.56 Å². The van der Waals surface area contributed by atoms with Crippen LogP contribution in [0.15, 0.2) is 54.6 Å². The van der Waals surface area contributed by atoms with Gasteiger partial charge in [-0.15, -0.1) is 0 Å². The smallest absolute Gasteiger partial charge is 0.128 e. The molecule has 0 aliphatic carbocycles. The summed E-state index contributed by atoms with van der Waals surface area (Å²) in [5.41, 5.74) is 2.13. The molecule has 0 saturated carbocycles. The molecule has 0 aliphatic heterocycles. The van der Waals surface area contributed by atoms with E-state index >= 15 is 0 Å². The molecule has 20 heavy (non-hydrogen) atoms. The third kappa shape index (κ3) is 3.40. The molecule has 0 aromatic heterocycles. The third-order valence-electron chi connectivity index (χ3n) is 3.63. The molecular formula is C18H23NO. The standard InChI is InChI=1S/C18H23NO/c1-4-18(2,14-19-3)20-17-13-9-8-12-16(17)15-10-6-5-7-11-15/h5-13,19H,4,14H2,1-3H3. The first-order valence-corrected chi connectivity index (χ1v) is 7.16. The normalized spacial score (nSPS) is 13.8. The lowest BCUT2D eigenvalue weighted by Gasteiger charge is -2.30. The summed E-state index contributed by atoms with van der Waals surface area (Å²) in [5, 5.41) is 3.21. The van der Waals surface area contributed by atoms with Crippen LogP contribution in [0.5, 0.6) is 5.75 Å². The first kappa shape index (κ1) is 14.6. The van der Waals surface area contributed by atoms with Crippen LogP contribution in [-0.4, -0.2) is 19.2 Å². The van der Waals surface area contributed by atoms with Gasteiger partial charge < -0.3 is 10.1 Å². The van der Waals surface area contributed by atoms with Crippen LogP contribution < -0.4 is 10.1 Å². The molecule has 0 aliphatic rings. The van der Waals surface area contributed by atoms with Gasteiger partial charge >= 0.3 is 0 Å². The van der Waals surface area contributed by atoms with E-state index in [9.17, 15) is 0 Å². The first-order chi connectivity index (χ1) is 9.68. The van der Waals surface area contributed by atoms with Crippen LogP contribution in [0.4, 0.5) is 0 Å². The second-order valence-corrected chi connectivity index (χ2v) is 5.30. The summed E-state index contributed by atoms with van der Waals surface area (Å²) >= 11 is 0. The van der Waals surface area contributed by atoms with Gasteiger partial charge in [0, 0.05) is 12.1 Å². The topological polar surface area (TPSA) is 21.3 Å². The van der Waals surface area contributed by atoms with Gasteiger partial charge in [0.15, 0.2) is 0 Å². The Balaban J connectivity index is 2.34. The van der Waals surface area contributed by atoms with E-state index in [2.05, 4.69) is 55.6 Å². The van der Waals surface area contributed by atoms with Gasteiger partial charge in [-0.1, -0.05) is 55.5 Å². The molecule has 0 fully saturated rings. The molecular weight excluding hydrogens is 246 g/mol. The van der Waals surface area contributed by atoms with Crippen LogP contribution in [0.2, 0.25) is 0 Å². The van der Waals surface area contributed by atoms with Gasteiger partial charge in [-0.05, 0) is 32.0 Å². The van der Waals surface area contributed by atoms with E-state index in [1.807, 2.05) is 25.2 Å². The van der Waals surface area contributed by atoms with E-state index < -0.39 is 0 Å². The highest BCUT2D eigenvalue weighted by Gasteiger charge is 2.24. The largest absolute Gasteiger partial charge is 0.486 e. The number of para-hydroxylation sites is 1. The van der Waals surface area contributed by atoms with Gasteiger partial charge in [0.05, 0.1) is 0 Å². The summed E-state index contributed by atoms with van der Waals surface area (Å²) in [6.45, 7) is 5.13. The van der Waals surface area contributed by atoms with Crippen LogP contribution in [0.1, 0.15) is 20.3 Å². The minimum Gasteiger partial charge on any atom is -0.486 e. The molecule has 0 heterocycles. The Hall–Kier alpha value is -1.80. The molecule has 2 aromatic carbocycles. The third-order valence-corrected chi connectivity index (χ3v) is 3.63. The molecule has 2 nitrogen and oxygen atoms in total. The Morgan fingerprint density at radius 2 is 1.65 bits per heavy atom. The summed E-state index contributed by atoms with van der Waals surface area (Å²) in [4.78, 5) is 0. The molecule has 0 amide bonds. The van der Waals surface area contributed by atoms with E-state index in [-0.39, 0.29) is 5.60 Å². The zero-order chi connectivity index (χ0) is 14.4. The maximum absolute atomic E-state index is 6.31. The molecule has 1 unspecified atom stereocenters. The van der Waals surface area contributed by atoms with Crippen molar-refractivity contribution in [2.24, 2.45) is 0 Å². The van der Waals surface area contributed by atoms with E-state index in [0.717, 1.165) is 24.3 Å². The van der Waals surface area contributed by atoms with Gasteiger partial charge in [-0.3, -0.25) is 0 Å². The minimum absolute atomic E-state index is 0.195. The quantitative estimate of drug-likeness (QED) is 0.851. The molecule has 0 radical (unpaired) electrons.